The molecule has 30 heavy (non-hydrogen) atoms. The van der Waals surface area contributed by atoms with Gasteiger partial charge in [-0.25, -0.2) is 9.18 Å². The van der Waals surface area contributed by atoms with Crippen LogP contribution in [0.5, 0.6) is 5.75 Å². The number of carbonyl (C=O) groups is 1. The van der Waals surface area contributed by atoms with Crippen molar-refractivity contribution in [3.63, 3.8) is 0 Å². The first-order valence-electron chi connectivity index (χ1n) is 9.54. The fraction of sp³-hybridized carbons (Fsp3) is 0.160. The highest BCUT2D eigenvalue weighted by atomic mass is 19.1. The molecule has 5 heteroatoms. The number of hydrogen-bond acceptors (Lipinski definition) is 4. The van der Waals surface area contributed by atoms with Crippen molar-refractivity contribution in [1.82, 2.24) is 0 Å². The third-order valence-corrected chi connectivity index (χ3v) is 4.53. The van der Waals surface area contributed by atoms with E-state index in [9.17, 15) is 9.18 Å². The number of carbonyl (C=O) groups excluding carboxylic acids is 1. The van der Waals surface area contributed by atoms with Gasteiger partial charge in [0.15, 0.2) is 0 Å². The minimum atomic E-state index is -0.460. The molecular formula is C25H23FO4. The van der Waals surface area contributed by atoms with Crippen molar-refractivity contribution in [3.8, 4) is 28.0 Å². The molecule has 0 aromatic heterocycles. The second-order valence-corrected chi connectivity index (χ2v) is 6.80. The van der Waals surface area contributed by atoms with Crippen LogP contribution in [0.15, 0.2) is 78.9 Å². The van der Waals surface area contributed by atoms with Crippen molar-refractivity contribution in [3.05, 3.63) is 90.3 Å². The van der Waals surface area contributed by atoms with Crippen molar-refractivity contribution in [1.29, 1.82) is 0 Å². The SMILES string of the molecule is C=C(C)C(=O)OCc1ccccc1-c1ccc(-c2ccc(OCCO)cc2)c(F)c1. The lowest BCUT2D eigenvalue weighted by Gasteiger charge is -2.12. The molecule has 0 heterocycles. The Morgan fingerprint density at radius 2 is 1.70 bits per heavy atom. The average Bonchev–Trinajstić information content (AvgIpc) is 2.76. The van der Waals surface area contributed by atoms with Gasteiger partial charge in [0.05, 0.1) is 6.61 Å². The molecule has 0 saturated carbocycles. The van der Waals surface area contributed by atoms with E-state index in [-0.39, 0.29) is 25.6 Å². The van der Waals surface area contributed by atoms with Crippen LogP contribution in [0.1, 0.15) is 12.5 Å². The molecule has 0 radical (unpaired) electrons. The highest BCUT2D eigenvalue weighted by Crippen LogP contribution is 2.31. The second kappa shape index (κ2) is 9.85. The maximum Gasteiger partial charge on any atom is 0.333 e. The molecule has 3 aromatic carbocycles. The van der Waals surface area contributed by atoms with E-state index in [1.807, 2.05) is 30.3 Å². The molecule has 1 N–H and O–H groups in total. The first-order valence-corrected chi connectivity index (χ1v) is 9.54. The predicted molar refractivity (Wildman–Crippen MR) is 114 cm³/mol. The molecule has 0 aliphatic heterocycles. The van der Waals surface area contributed by atoms with E-state index >= 15 is 0 Å². The molecule has 0 bridgehead atoms. The second-order valence-electron chi connectivity index (χ2n) is 6.80. The molecule has 0 fully saturated rings. The first-order chi connectivity index (χ1) is 14.5. The maximum atomic E-state index is 14.9. The summed E-state index contributed by atoms with van der Waals surface area (Å²) in [6, 6.07) is 19.5. The Morgan fingerprint density at radius 3 is 2.37 bits per heavy atom. The molecule has 0 aliphatic carbocycles. The van der Waals surface area contributed by atoms with Gasteiger partial charge in [-0.1, -0.05) is 55.1 Å². The number of aliphatic hydroxyl groups excluding tert-OH is 1. The van der Waals surface area contributed by atoms with E-state index in [2.05, 4.69) is 6.58 Å². The Bertz CT molecular complexity index is 1040. The van der Waals surface area contributed by atoms with Crippen molar-refractivity contribution >= 4 is 5.97 Å². The van der Waals surface area contributed by atoms with E-state index in [0.29, 0.717) is 22.4 Å². The number of aliphatic hydroxyl groups is 1. The lowest BCUT2D eigenvalue weighted by Crippen LogP contribution is -2.05. The Hall–Kier alpha value is -3.44. The highest BCUT2D eigenvalue weighted by molar-refractivity contribution is 5.87. The van der Waals surface area contributed by atoms with Crippen molar-refractivity contribution in [2.75, 3.05) is 13.2 Å². The Kier molecular flexibility index (Phi) is 6.99. The number of ether oxygens (including phenoxy) is 2. The molecule has 0 amide bonds. The topological polar surface area (TPSA) is 55.8 Å². The van der Waals surface area contributed by atoms with E-state index in [1.165, 1.54) is 6.07 Å². The molecule has 0 unspecified atom stereocenters. The zero-order valence-electron chi connectivity index (χ0n) is 16.7. The van der Waals surface area contributed by atoms with E-state index in [4.69, 9.17) is 14.6 Å². The van der Waals surface area contributed by atoms with Crippen LogP contribution in [0, 0.1) is 5.82 Å². The molecule has 154 valence electrons. The first kappa shape index (κ1) is 21.3. The summed E-state index contributed by atoms with van der Waals surface area (Å²) < 4.78 is 25.5. The molecule has 0 saturated heterocycles. The predicted octanol–water partition coefficient (Wildman–Crippen LogP) is 5.15. The number of esters is 1. The van der Waals surface area contributed by atoms with Crippen LogP contribution in [0.25, 0.3) is 22.3 Å². The summed E-state index contributed by atoms with van der Waals surface area (Å²) in [5.41, 5.74) is 3.80. The van der Waals surface area contributed by atoms with Gasteiger partial charge >= 0.3 is 5.97 Å². The Morgan fingerprint density at radius 1 is 1.00 bits per heavy atom. The van der Waals surface area contributed by atoms with Gasteiger partial charge in [0.25, 0.3) is 0 Å². The Labute approximate surface area is 175 Å². The van der Waals surface area contributed by atoms with Gasteiger partial charge in [-0.05, 0) is 47.4 Å². The van der Waals surface area contributed by atoms with Crippen LogP contribution in [0.4, 0.5) is 4.39 Å². The van der Waals surface area contributed by atoms with Crippen molar-refractivity contribution in [2.24, 2.45) is 0 Å². The van der Waals surface area contributed by atoms with E-state index in [1.54, 1.807) is 37.3 Å². The van der Waals surface area contributed by atoms with Gasteiger partial charge < -0.3 is 14.6 Å². The fourth-order valence-electron chi connectivity index (χ4n) is 3.01. The number of rotatable bonds is 8. The summed E-state index contributed by atoms with van der Waals surface area (Å²) in [4.78, 5) is 11.7. The van der Waals surface area contributed by atoms with Gasteiger partial charge in [-0.3, -0.25) is 0 Å². The molecule has 3 rings (SSSR count). The molecular weight excluding hydrogens is 383 g/mol. The fourth-order valence-corrected chi connectivity index (χ4v) is 3.01. The van der Waals surface area contributed by atoms with Gasteiger partial charge in [-0.2, -0.15) is 0 Å². The molecule has 0 spiro atoms. The molecule has 4 nitrogen and oxygen atoms in total. The number of benzene rings is 3. The summed E-state index contributed by atoms with van der Waals surface area (Å²) in [6.07, 6.45) is 0. The van der Waals surface area contributed by atoms with Crippen LogP contribution in [-0.4, -0.2) is 24.3 Å². The maximum absolute atomic E-state index is 14.9. The largest absolute Gasteiger partial charge is 0.491 e. The third-order valence-electron chi connectivity index (χ3n) is 4.53. The minimum Gasteiger partial charge on any atom is -0.491 e. The standard InChI is InChI=1S/C25H23FO4/c1-17(2)25(28)30-16-20-5-3-4-6-22(20)19-9-12-23(24(26)15-19)18-7-10-21(11-8-18)29-14-13-27/h3-12,15,27H,1,13-14,16H2,2H3. The number of hydrogen-bond donors (Lipinski definition) is 1. The lowest BCUT2D eigenvalue weighted by molar-refractivity contribution is -0.140. The zero-order chi connectivity index (χ0) is 21.5. The van der Waals surface area contributed by atoms with Crippen LogP contribution >= 0.6 is 0 Å². The minimum absolute atomic E-state index is 0.0638. The van der Waals surface area contributed by atoms with Crippen molar-refractivity contribution in [2.45, 2.75) is 13.5 Å². The van der Waals surface area contributed by atoms with Crippen molar-refractivity contribution < 1.29 is 23.8 Å². The van der Waals surface area contributed by atoms with E-state index in [0.717, 1.165) is 16.7 Å². The van der Waals surface area contributed by atoms with Crippen LogP contribution in [0.2, 0.25) is 0 Å². The summed E-state index contributed by atoms with van der Waals surface area (Å²) in [5.74, 6) is -0.203. The van der Waals surface area contributed by atoms with Crippen LogP contribution in [-0.2, 0) is 16.1 Å². The summed E-state index contributed by atoms with van der Waals surface area (Å²) in [6.45, 7) is 5.40. The Balaban J connectivity index is 1.83. The number of halogens is 1. The zero-order valence-corrected chi connectivity index (χ0v) is 16.7. The van der Waals surface area contributed by atoms with E-state index < -0.39 is 5.97 Å². The normalized spacial score (nSPS) is 10.5. The molecule has 3 aromatic rings. The average molecular weight is 406 g/mol. The van der Waals surface area contributed by atoms with Gasteiger partial charge in [0.1, 0.15) is 24.8 Å². The lowest BCUT2D eigenvalue weighted by atomic mass is 9.96. The van der Waals surface area contributed by atoms with Crippen LogP contribution in [0.3, 0.4) is 0 Å². The monoisotopic (exact) mass is 406 g/mol. The van der Waals surface area contributed by atoms with Gasteiger partial charge in [0, 0.05) is 11.1 Å². The summed E-state index contributed by atoms with van der Waals surface area (Å²) in [7, 11) is 0. The smallest absolute Gasteiger partial charge is 0.333 e. The molecule has 0 aliphatic rings. The third kappa shape index (κ3) is 5.13. The molecule has 0 atom stereocenters. The van der Waals surface area contributed by atoms with Gasteiger partial charge in [-0.15, -0.1) is 0 Å². The summed E-state index contributed by atoms with van der Waals surface area (Å²) >= 11 is 0. The van der Waals surface area contributed by atoms with Gasteiger partial charge in [0.2, 0.25) is 0 Å². The highest BCUT2D eigenvalue weighted by Gasteiger charge is 2.12. The van der Waals surface area contributed by atoms with Crippen LogP contribution < -0.4 is 4.74 Å². The summed E-state index contributed by atoms with van der Waals surface area (Å²) in [5, 5.41) is 8.82. The quantitative estimate of drug-likeness (QED) is 0.415.